The first-order valence-corrected chi connectivity index (χ1v) is 12.2. The quantitative estimate of drug-likeness (QED) is 0.424. The summed E-state index contributed by atoms with van der Waals surface area (Å²) in [6.45, 7) is 2.43. The van der Waals surface area contributed by atoms with E-state index in [2.05, 4.69) is 4.98 Å². The number of sulfone groups is 1. The van der Waals surface area contributed by atoms with Crippen LogP contribution in [0.2, 0.25) is 0 Å². The largest absolute Gasteiger partial charge is 0.466 e. The molecule has 0 fully saturated rings. The Morgan fingerprint density at radius 1 is 0.970 bits per heavy atom. The van der Waals surface area contributed by atoms with E-state index in [1.54, 1.807) is 84.9 Å². The first-order valence-electron chi connectivity index (χ1n) is 10.6. The van der Waals surface area contributed by atoms with Crippen molar-refractivity contribution in [2.75, 3.05) is 13.2 Å². The standard InChI is InChI=1S/C25H26N2O5S/c1-2-32-24(28)13-15-27(18-21-9-7-14-26-17-21)25(29)22-10-6-8-20(16-22)19-33(30,31)23-11-4-3-5-12-23/h3-12,14,16-17H,2,13,15,18-19H2,1H3. The normalized spacial score (nSPS) is 11.1. The van der Waals surface area contributed by atoms with Crippen LogP contribution in [0.4, 0.5) is 0 Å². The molecule has 0 bridgehead atoms. The highest BCUT2D eigenvalue weighted by molar-refractivity contribution is 7.90. The summed E-state index contributed by atoms with van der Waals surface area (Å²) in [5, 5.41) is 0. The molecule has 33 heavy (non-hydrogen) atoms. The maximum Gasteiger partial charge on any atom is 0.307 e. The van der Waals surface area contributed by atoms with Crippen LogP contribution in [0, 0.1) is 0 Å². The Kier molecular flexibility index (Phi) is 8.32. The van der Waals surface area contributed by atoms with E-state index in [4.69, 9.17) is 4.74 Å². The maximum atomic E-state index is 13.3. The zero-order valence-electron chi connectivity index (χ0n) is 18.4. The van der Waals surface area contributed by atoms with Crippen LogP contribution < -0.4 is 0 Å². The van der Waals surface area contributed by atoms with Crippen molar-refractivity contribution < 1.29 is 22.7 Å². The molecule has 0 saturated heterocycles. The lowest BCUT2D eigenvalue weighted by Gasteiger charge is -2.23. The van der Waals surface area contributed by atoms with E-state index in [1.165, 1.54) is 0 Å². The van der Waals surface area contributed by atoms with Gasteiger partial charge in [-0.1, -0.05) is 36.4 Å². The molecule has 0 spiro atoms. The molecule has 2 aromatic carbocycles. The molecule has 7 nitrogen and oxygen atoms in total. The molecule has 1 heterocycles. The van der Waals surface area contributed by atoms with E-state index in [0.717, 1.165) is 5.56 Å². The number of amides is 1. The third kappa shape index (κ3) is 6.98. The fourth-order valence-corrected chi connectivity index (χ4v) is 4.69. The molecule has 0 radical (unpaired) electrons. The lowest BCUT2D eigenvalue weighted by Crippen LogP contribution is -2.33. The molecule has 172 valence electrons. The zero-order chi connectivity index (χ0) is 23.7. The van der Waals surface area contributed by atoms with Crippen LogP contribution in [-0.2, 0) is 31.7 Å². The molecule has 0 unspecified atom stereocenters. The predicted molar refractivity (Wildman–Crippen MR) is 124 cm³/mol. The van der Waals surface area contributed by atoms with Crippen LogP contribution in [-0.4, -0.2) is 43.3 Å². The second kappa shape index (κ2) is 11.4. The Morgan fingerprint density at radius 2 is 1.73 bits per heavy atom. The average Bonchev–Trinajstić information content (AvgIpc) is 2.82. The third-order valence-electron chi connectivity index (χ3n) is 4.91. The van der Waals surface area contributed by atoms with E-state index in [9.17, 15) is 18.0 Å². The molecular weight excluding hydrogens is 440 g/mol. The van der Waals surface area contributed by atoms with Crippen LogP contribution >= 0.6 is 0 Å². The lowest BCUT2D eigenvalue weighted by molar-refractivity contribution is -0.143. The van der Waals surface area contributed by atoms with Gasteiger partial charge in [0.05, 0.1) is 23.7 Å². The minimum Gasteiger partial charge on any atom is -0.466 e. The van der Waals surface area contributed by atoms with E-state index in [-0.39, 0.29) is 48.6 Å². The van der Waals surface area contributed by atoms with Crippen molar-refractivity contribution >= 4 is 21.7 Å². The Hall–Kier alpha value is -3.52. The predicted octanol–water partition coefficient (Wildman–Crippen LogP) is 3.65. The highest BCUT2D eigenvalue weighted by atomic mass is 32.2. The Balaban J connectivity index is 1.81. The van der Waals surface area contributed by atoms with Crippen molar-refractivity contribution in [1.82, 2.24) is 9.88 Å². The topological polar surface area (TPSA) is 93.6 Å². The van der Waals surface area contributed by atoms with Gasteiger partial charge in [-0.25, -0.2) is 8.42 Å². The number of carbonyl (C=O) groups excluding carboxylic acids is 2. The molecule has 0 aliphatic carbocycles. The Bertz CT molecular complexity index is 1180. The van der Waals surface area contributed by atoms with Crippen molar-refractivity contribution in [3.05, 3.63) is 95.8 Å². The van der Waals surface area contributed by atoms with Crippen molar-refractivity contribution in [2.45, 2.75) is 30.5 Å². The van der Waals surface area contributed by atoms with Crippen molar-refractivity contribution in [2.24, 2.45) is 0 Å². The number of pyridine rings is 1. The molecule has 1 amide bonds. The van der Waals surface area contributed by atoms with Gasteiger partial charge >= 0.3 is 5.97 Å². The van der Waals surface area contributed by atoms with Crippen LogP contribution in [0.5, 0.6) is 0 Å². The first-order chi connectivity index (χ1) is 15.9. The third-order valence-corrected chi connectivity index (χ3v) is 6.61. The highest BCUT2D eigenvalue weighted by Gasteiger charge is 2.20. The van der Waals surface area contributed by atoms with E-state index in [1.807, 2.05) is 6.07 Å². The van der Waals surface area contributed by atoms with Gasteiger partial charge in [0, 0.05) is 31.0 Å². The fourth-order valence-electron chi connectivity index (χ4n) is 3.33. The molecule has 3 rings (SSSR count). The fraction of sp³-hybridized carbons (Fsp3) is 0.240. The van der Waals surface area contributed by atoms with E-state index in [0.29, 0.717) is 11.1 Å². The van der Waals surface area contributed by atoms with Gasteiger partial charge in [-0.3, -0.25) is 14.6 Å². The summed E-state index contributed by atoms with van der Waals surface area (Å²) in [6, 6.07) is 18.4. The molecule has 1 aromatic heterocycles. The van der Waals surface area contributed by atoms with Crippen LogP contribution in [0.25, 0.3) is 0 Å². The highest BCUT2D eigenvalue weighted by Crippen LogP contribution is 2.18. The number of rotatable bonds is 10. The molecule has 0 saturated carbocycles. The molecule has 0 aliphatic rings. The zero-order valence-corrected chi connectivity index (χ0v) is 19.2. The minimum atomic E-state index is -3.55. The number of carbonyl (C=O) groups is 2. The van der Waals surface area contributed by atoms with Gasteiger partial charge in [0.15, 0.2) is 9.84 Å². The average molecular weight is 467 g/mol. The summed E-state index contributed by atoms with van der Waals surface area (Å²) in [5.74, 6) is -0.907. The van der Waals surface area contributed by atoms with Gasteiger partial charge in [0.1, 0.15) is 0 Å². The lowest BCUT2D eigenvalue weighted by atomic mass is 10.1. The molecular formula is C25H26N2O5S. The van der Waals surface area contributed by atoms with Crippen LogP contribution in [0.3, 0.4) is 0 Å². The van der Waals surface area contributed by atoms with Crippen LogP contribution in [0.15, 0.2) is 84.0 Å². The summed E-state index contributed by atoms with van der Waals surface area (Å²) in [4.78, 5) is 31.0. The number of ether oxygens (including phenoxy) is 1. The molecule has 8 heteroatoms. The Labute approximate surface area is 194 Å². The number of esters is 1. The van der Waals surface area contributed by atoms with Crippen molar-refractivity contribution in [3.63, 3.8) is 0 Å². The second-order valence-electron chi connectivity index (χ2n) is 7.42. The number of aromatic nitrogens is 1. The number of nitrogens with zero attached hydrogens (tertiary/aromatic N) is 2. The summed E-state index contributed by atoms with van der Waals surface area (Å²) in [7, 11) is -3.55. The second-order valence-corrected chi connectivity index (χ2v) is 9.41. The van der Waals surface area contributed by atoms with Gasteiger partial charge in [0.2, 0.25) is 0 Å². The Morgan fingerprint density at radius 3 is 2.42 bits per heavy atom. The van der Waals surface area contributed by atoms with Crippen molar-refractivity contribution in [1.29, 1.82) is 0 Å². The van der Waals surface area contributed by atoms with E-state index < -0.39 is 9.84 Å². The maximum absolute atomic E-state index is 13.3. The van der Waals surface area contributed by atoms with Crippen LogP contribution in [0.1, 0.15) is 34.8 Å². The number of benzene rings is 2. The SMILES string of the molecule is CCOC(=O)CCN(Cc1cccnc1)C(=O)c1cccc(CS(=O)(=O)c2ccccc2)c1. The first kappa shape index (κ1) is 24.1. The summed E-state index contributed by atoms with van der Waals surface area (Å²) >= 11 is 0. The monoisotopic (exact) mass is 466 g/mol. The minimum absolute atomic E-state index is 0.0575. The summed E-state index contributed by atoms with van der Waals surface area (Å²) < 4.78 is 30.5. The van der Waals surface area contributed by atoms with Gasteiger partial charge < -0.3 is 9.64 Å². The van der Waals surface area contributed by atoms with Gasteiger partial charge in [-0.05, 0) is 48.4 Å². The molecule has 0 N–H and O–H groups in total. The van der Waals surface area contributed by atoms with E-state index >= 15 is 0 Å². The smallest absolute Gasteiger partial charge is 0.307 e. The van der Waals surface area contributed by atoms with Gasteiger partial charge in [-0.15, -0.1) is 0 Å². The number of hydrogen-bond donors (Lipinski definition) is 0. The van der Waals surface area contributed by atoms with Crippen molar-refractivity contribution in [3.8, 4) is 0 Å². The molecule has 0 aliphatic heterocycles. The van der Waals surface area contributed by atoms with Gasteiger partial charge in [0.25, 0.3) is 5.91 Å². The molecule has 0 atom stereocenters. The number of hydrogen-bond acceptors (Lipinski definition) is 6. The molecule has 3 aromatic rings. The van der Waals surface area contributed by atoms with Gasteiger partial charge in [-0.2, -0.15) is 0 Å². The summed E-state index contributed by atoms with van der Waals surface area (Å²) in [5.41, 5.74) is 1.68. The summed E-state index contributed by atoms with van der Waals surface area (Å²) in [6.07, 6.45) is 3.36.